The molecule has 1 unspecified atom stereocenters. The second-order valence-corrected chi connectivity index (χ2v) is 8.41. The van der Waals surface area contributed by atoms with Crippen molar-refractivity contribution in [2.75, 3.05) is 19.6 Å². The highest BCUT2D eigenvalue weighted by Crippen LogP contribution is 2.27. The molecule has 1 saturated heterocycles. The minimum Gasteiger partial charge on any atom is -0.340 e. The number of carbonyl (C=O) groups excluding carboxylic acids is 1. The zero-order valence-corrected chi connectivity index (χ0v) is 15.0. The molecule has 1 heterocycles. The third-order valence-corrected chi connectivity index (χ3v) is 4.34. The van der Waals surface area contributed by atoms with Crippen molar-refractivity contribution in [2.24, 2.45) is 17.3 Å². The molecule has 1 rings (SSSR count). The summed E-state index contributed by atoms with van der Waals surface area (Å²) in [6, 6.07) is 0.314. The molecule has 0 spiro atoms. The second-order valence-electron chi connectivity index (χ2n) is 8.41. The molecule has 1 aliphatic heterocycles. The molecule has 3 heteroatoms. The van der Waals surface area contributed by atoms with Gasteiger partial charge in [-0.15, -0.1) is 0 Å². The highest BCUT2D eigenvalue weighted by Gasteiger charge is 2.25. The summed E-state index contributed by atoms with van der Waals surface area (Å²) < 4.78 is 0. The number of rotatable bonds is 6. The van der Waals surface area contributed by atoms with Crippen LogP contribution in [0, 0.1) is 17.3 Å². The molecule has 1 amide bonds. The number of hydrogen-bond donors (Lipinski definition) is 1. The second kappa shape index (κ2) is 8.17. The topological polar surface area (TPSA) is 32.3 Å². The molecule has 0 aromatic heterocycles. The Hall–Kier alpha value is -0.570. The van der Waals surface area contributed by atoms with E-state index in [2.05, 4.69) is 51.8 Å². The molecule has 0 aliphatic carbocycles. The van der Waals surface area contributed by atoms with Gasteiger partial charge in [0.2, 0.25) is 5.91 Å². The van der Waals surface area contributed by atoms with E-state index in [1.165, 1.54) is 12.8 Å². The number of carbonyl (C=O) groups is 1. The van der Waals surface area contributed by atoms with Crippen LogP contribution in [0.1, 0.15) is 67.2 Å². The lowest BCUT2D eigenvalue weighted by atomic mass is 9.84. The van der Waals surface area contributed by atoms with Crippen LogP contribution < -0.4 is 5.32 Å². The summed E-state index contributed by atoms with van der Waals surface area (Å²) >= 11 is 0. The summed E-state index contributed by atoms with van der Waals surface area (Å²) in [5.41, 5.74) is 0.303. The van der Waals surface area contributed by atoms with Crippen molar-refractivity contribution in [3.05, 3.63) is 0 Å². The van der Waals surface area contributed by atoms with Crippen LogP contribution in [0.3, 0.4) is 0 Å². The van der Waals surface area contributed by atoms with Gasteiger partial charge in [-0.2, -0.15) is 0 Å². The Bertz CT molecular complexity index is 314. The fraction of sp³-hybridized carbons (Fsp3) is 0.944. The Morgan fingerprint density at radius 3 is 2.24 bits per heavy atom. The molecule has 1 aliphatic rings. The average molecular weight is 296 g/mol. The Kier molecular flexibility index (Phi) is 7.19. The highest BCUT2D eigenvalue weighted by atomic mass is 16.2. The summed E-state index contributed by atoms with van der Waals surface area (Å²) in [5.74, 6) is 1.49. The fourth-order valence-corrected chi connectivity index (χ4v) is 3.48. The molecular weight excluding hydrogens is 260 g/mol. The SMILES string of the molecule is CC(CC(=O)N(CC1CCNCC1)C(C)C)CC(C)(C)C. The smallest absolute Gasteiger partial charge is 0.223 e. The number of hydrogen-bond acceptors (Lipinski definition) is 2. The fourth-order valence-electron chi connectivity index (χ4n) is 3.48. The van der Waals surface area contributed by atoms with Gasteiger partial charge in [0.15, 0.2) is 0 Å². The van der Waals surface area contributed by atoms with Crippen molar-refractivity contribution < 1.29 is 4.79 Å². The summed E-state index contributed by atoms with van der Waals surface area (Å²) in [7, 11) is 0. The summed E-state index contributed by atoms with van der Waals surface area (Å²) in [6.45, 7) is 16.4. The standard InChI is InChI=1S/C18H36N2O/c1-14(2)20(13-16-7-9-19-10-8-16)17(21)11-15(3)12-18(4,5)6/h14-16,19H,7-13H2,1-6H3. The van der Waals surface area contributed by atoms with Crippen LogP contribution in [-0.4, -0.2) is 36.5 Å². The van der Waals surface area contributed by atoms with Gasteiger partial charge in [-0.3, -0.25) is 4.79 Å². The molecule has 0 aromatic carbocycles. The Morgan fingerprint density at radius 2 is 1.76 bits per heavy atom. The van der Waals surface area contributed by atoms with Gasteiger partial charge in [0.05, 0.1) is 0 Å². The lowest BCUT2D eigenvalue weighted by Gasteiger charge is -2.34. The van der Waals surface area contributed by atoms with Gasteiger partial charge in [0.1, 0.15) is 0 Å². The van der Waals surface area contributed by atoms with Crippen LogP contribution in [0.5, 0.6) is 0 Å². The zero-order valence-electron chi connectivity index (χ0n) is 15.0. The zero-order chi connectivity index (χ0) is 16.0. The van der Waals surface area contributed by atoms with E-state index in [-0.39, 0.29) is 0 Å². The van der Waals surface area contributed by atoms with Crippen LogP contribution in [0.15, 0.2) is 0 Å². The van der Waals surface area contributed by atoms with Gasteiger partial charge in [-0.05, 0) is 63.5 Å². The number of amides is 1. The first-order valence-corrected chi connectivity index (χ1v) is 8.69. The van der Waals surface area contributed by atoms with Crippen molar-refractivity contribution in [1.29, 1.82) is 0 Å². The monoisotopic (exact) mass is 296 g/mol. The third kappa shape index (κ3) is 7.30. The van der Waals surface area contributed by atoms with Gasteiger partial charge in [0, 0.05) is 19.0 Å². The Morgan fingerprint density at radius 1 is 1.19 bits per heavy atom. The lowest BCUT2D eigenvalue weighted by molar-refractivity contribution is -0.134. The maximum atomic E-state index is 12.7. The van der Waals surface area contributed by atoms with Crippen molar-refractivity contribution in [3.8, 4) is 0 Å². The normalized spacial score (nSPS) is 18.8. The van der Waals surface area contributed by atoms with E-state index in [1.54, 1.807) is 0 Å². The average Bonchev–Trinajstić information content (AvgIpc) is 2.34. The molecule has 0 bridgehead atoms. The van der Waals surface area contributed by atoms with Gasteiger partial charge in [-0.25, -0.2) is 0 Å². The van der Waals surface area contributed by atoms with Crippen LogP contribution in [0.2, 0.25) is 0 Å². The maximum Gasteiger partial charge on any atom is 0.223 e. The van der Waals surface area contributed by atoms with E-state index >= 15 is 0 Å². The van der Waals surface area contributed by atoms with Gasteiger partial charge >= 0.3 is 0 Å². The van der Waals surface area contributed by atoms with Crippen molar-refractivity contribution in [3.63, 3.8) is 0 Å². The Balaban J connectivity index is 2.52. The first-order chi connectivity index (χ1) is 9.69. The van der Waals surface area contributed by atoms with E-state index in [4.69, 9.17) is 0 Å². The molecule has 1 atom stereocenters. The summed E-state index contributed by atoms with van der Waals surface area (Å²) in [5, 5.41) is 3.40. The van der Waals surface area contributed by atoms with E-state index in [0.717, 1.165) is 26.1 Å². The minimum atomic E-state index is 0.303. The number of nitrogens with zero attached hydrogens (tertiary/aromatic N) is 1. The lowest BCUT2D eigenvalue weighted by Crippen LogP contribution is -2.43. The van der Waals surface area contributed by atoms with Crippen LogP contribution >= 0.6 is 0 Å². The number of nitrogens with one attached hydrogen (secondary N) is 1. The first-order valence-electron chi connectivity index (χ1n) is 8.69. The Labute approximate surface area is 131 Å². The van der Waals surface area contributed by atoms with E-state index < -0.39 is 0 Å². The third-order valence-electron chi connectivity index (χ3n) is 4.34. The van der Waals surface area contributed by atoms with Crippen LogP contribution in [0.4, 0.5) is 0 Å². The molecule has 0 aromatic rings. The molecule has 0 saturated carbocycles. The molecule has 0 radical (unpaired) electrons. The highest BCUT2D eigenvalue weighted by molar-refractivity contribution is 5.76. The van der Waals surface area contributed by atoms with Crippen LogP contribution in [-0.2, 0) is 4.79 Å². The van der Waals surface area contributed by atoms with Gasteiger partial charge in [-0.1, -0.05) is 27.7 Å². The summed E-state index contributed by atoms with van der Waals surface area (Å²) in [6.07, 6.45) is 4.21. The quantitative estimate of drug-likeness (QED) is 0.811. The van der Waals surface area contributed by atoms with Crippen molar-refractivity contribution in [2.45, 2.75) is 73.3 Å². The molecule has 1 fully saturated rings. The molecule has 124 valence electrons. The van der Waals surface area contributed by atoms with Crippen molar-refractivity contribution in [1.82, 2.24) is 10.2 Å². The van der Waals surface area contributed by atoms with E-state index in [9.17, 15) is 4.79 Å². The van der Waals surface area contributed by atoms with E-state index in [1.807, 2.05) is 0 Å². The maximum absolute atomic E-state index is 12.7. The largest absolute Gasteiger partial charge is 0.340 e. The van der Waals surface area contributed by atoms with E-state index in [0.29, 0.717) is 35.6 Å². The van der Waals surface area contributed by atoms with Crippen molar-refractivity contribution >= 4 is 5.91 Å². The summed E-state index contributed by atoms with van der Waals surface area (Å²) in [4.78, 5) is 14.8. The molecular formula is C18H36N2O. The molecule has 21 heavy (non-hydrogen) atoms. The molecule has 3 nitrogen and oxygen atoms in total. The number of piperidine rings is 1. The minimum absolute atomic E-state index is 0.303. The van der Waals surface area contributed by atoms with Gasteiger partial charge in [0.25, 0.3) is 0 Å². The van der Waals surface area contributed by atoms with Crippen LogP contribution in [0.25, 0.3) is 0 Å². The first kappa shape index (κ1) is 18.5. The molecule has 1 N–H and O–H groups in total. The predicted molar refractivity (Wildman–Crippen MR) is 90.3 cm³/mol. The van der Waals surface area contributed by atoms with Gasteiger partial charge < -0.3 is 10.2 Å². The predicted octanol–water partition coefficient (Wildman–Crippen LogP) is 3.69.